The topological polar surface area (TPSA) is 43.2 Å². The number of aliphatic imine (C=N–C) groups is 2. The van der Waals surface area contributed by atoms with Gasteiger partial charge in [0.15, 0.2) is 0 Å². The lowest BCUT2D eigenvalue weighted by molar-refractivity contribution is 0.348. The van der Waals surface area contributed by atoms with Crippen LogP contribution in [-0.4, -0.2) is 38.1 Å². The maximum absolute atomic E-state index is 5.92. The molecule has 2 aliphatic heterocycles. The van der Waals surface area contributed by atoms with Crippen LogP contribution in [0.5, 0.6) is 0 Å². The van der Waals surface area contributed by atoms with E-state index in [-0.39, 0.29) is 0 Å². The van der Waals surface area contributed by atoms with Gasteiger partial charge in [-0.15, -0.1) is 0 Å². The second-order valence-corrected chi connectivity index (χ2v) is 9.99. The van der Waals surface area contributed by atoms with Crippen LogP contribution in [0.25, 0.3) is 11.1 Å². The molecular formula is C32H30N2O2. The fraction of sp³-hybridized carbons (Fsp3) is 0.312. The first kappa shape index (κ1) is 21.6. The molecule has 0 aromatic heterocycles. The Morgan fingerprint density at radius 3 is 1.39 bits per heavy atom. The molecule has 4 nitrogen and oxygen atoms in total. The number of benzene rings is 2. The molecular weight excluding hydrogens is 444 g/mol. The van der Waals surface area contributed by atoms with Gasteiger partial charge in [-0.3, -0.25) is 0 Å². The van der Waals surface area contributed by atoms with Gasteiger partial charge >= 0.3 is 0 Å². The number of hydrogen-bond donors (Lipinski definition) is 0. The first-order valence-corrected chi connectivity index (χ1v) is 13.3. The molecule has 0 amide bonds. The van der Waals surface area contributed by atoms with Gasteiger partial charge in [0.2, 0.25) is 11.8 Å². The minimum Gasteiger partial charge on any atom is -0.475 e. The average molecular weight is 475 g/mol. The van der Waals surface area contributed by atoms with Gasteiger partial charge < -0.3 is 9.47 Å². The van der Waals surface area contributed by atoms with E-state index < -0.39 is 0 Å². The van der Waals surface area contributed by atoms with Crippen LogP contribution in [0.4, 0.5) is 0 Å². The highest BCUT2D eigenvalue weighted by atomic mass is 16.5. The van der Waals surface area contributed by atoms with Gasteiger partial charge in [-0.05, 0) is 95.2 Å². The second-order valence-electron chi connectivity index (χ2n) is 9.99. The van der Waals surface area contributed by atoms with Crippen molar-refractivity contribution >= 4 is 22.9 Å². The lowest BCUT2D eigenvalue weighted by atomic mass is 9.84. The van der Waals surface area contributed by atoms with Crippen molar-refractivity contribution in [3.05, 3.63) is 105 Å². The minimum absolute atomic E-state index is 0.673. The molecule has 0 saturated carbocycles. The Labute approximate surface area is 212 Å². The van der Waals surface area contributed by atoms with Crippen LogP contribution in [0.3, 0.4) is 0 Å². The highest BCUT2D eigenvalue weighted by molar-refractivity contribution is 6.04. The van der Waals surface area contributed by atoms with Gasteiger partial charge in [-0.25, -0.2) is 9.98 Å². The summed E-state index contributed by atoms with van der Waals surface area (Å²) in [4.78, 5) is 9.32. The van der Waals surface area contributed by atoms with E-state index in [1.165, 1.54) is 57.4 Å². The summed E-state index contributed by atoms with van der Waals surface area (Å²) in [5, 5.41) is 0. The van der Waals surface area contributed by atoms with Gasteiger partial charge in [0, 0.05) is 11.1 Å². The molecule has 3 aliphatic carbocycles. The van der Waals surface area contributed by atoms with Gasteiger partial charge in [0.1, 0.15) is 13.2 Å². The standard InChI is InChI=1S/C32H30N2O2/c1-3-11-27(31-33-15-17-35-31)25(9-1)29-19-21-7-6-14-24(21)30(20-22-8-5-13-23(22)29)26-10-2-4-12-28(26)32-34-16-18-36-32/h1-4,9-12,19-20H,5-8,13-18H2/b21-19?,22-20?,29-19+,29-23?,30-20+,30-24?. The molecule has 2 heterocycles. The van der Waals surface area contributed by atoms with E-state index >= 15 is 0 Å². The molecule has 0 radical (unpaired) electrons. The van der Waals surface area contributed by atoms with Gasteiger partial charge in [-0.1, -0.05) is 48.6 Å². The van der Waals surface area contributed by atoms with Crippen LogP contribution in [0.2, 0.25) is 0 Å². The minimum atomic E-state index is 0.673. The zero-order chi connectivity index (χ0) is 23.9. The van der Waals surface area contributed by atoms with Crippen LogP contribution in [0.1, 0.15) is 60.8 Å². The first-order valence-electron chi connectivity index (χ1n) is 13.3. The van der Waals surface area contributed by atoms with Crippen molar-refractivity contribution < 1.29 is 9.47 Å². The Balaban J connectivity index is 1.42. The lowest BCUT2D eigenvalue weighted by Gasteiger charge is -2.21. The third-order valence-electron chi connectivity index (χ3n) is 7.87. The van der Waals surface area contributed by atoms with Crippen molar-refractivity contribution in [2.24, 2.45) is 9.98 Å². The quantitative estimate of drug-likeness (QED) is 0.496. The molecule has 0 spiro atoms. The third kappa shape index (κ3) is 3.67. The van der Waals surface area contributed by atoms with E-state index in [0.29, 0.717) is 13.2 Å². The fourth-order valence-corrected chi connectivity index (χ4v) is 6.28. The molecule has 0 atom stereocenters. The average Bonchev–Trinajstić information content (AvgIpc) is 3.73. The predicted octanol–water partition coefficient (Wildman–Crippen LogP) is 6.68. The Bertz CT molecular complexity index is 1320. The number of rotatable bonds is 4. The monoisotopic (exact) mass is 474 g/mol. The van der Waals surface area contributed by atoms with Crippen LogP contribution in [0, 0.1) is 0 Å². The van der Waals surface area contributed by atoms with Crippen molar-refractivity contribution in [2.75, 3.05) is 26.3 Å². The highest BCUT2D eigenvalue weighted by Crippen LogP contribution is 2.47. The summed E-state index contributed by atoms with van der Waals surface area (Å²) in [6.45, 7) is 2.83. The van der Waals surface area contributed by atoms with E-state index in [9.17, 15) is 0 Å². The number of allylic oxidation sites excluding steroid dienone is 8. The van der Waals surface area contributed by atoms with E-state index in [1.54, 1.807) is 0 Å². The second kappa shape index (κ2) is 9.09. The van der Waals surface area contributed by atoms with Crippen LogP contribution < -0.4 is 0 Å². The van der Waals surface area contributed by atoms with Crippen molar-refractivity contribution in [1.29, 1.82) is 0 Å². The summed E-state index contributed by atoms with van der Waals surface area (Å²) in [5.74, 6) is 1.58. The smallest absolute Gasteiger partial charge is 0.216 e. The first-order chi connectivity index (χ1) is 17.9. The normalized spacial score (nSPS) is 24.0. The molecule has 2 aromatic rings. The van der Waals surface area contributed by atoms with Gasteiger partial charge in [0.05, 0.1) is 13.1 Å². The molecule has 180 valence electrons. The summed E-state index contributed by atoms with van der Waals surface area (Å²) in [6.07, 6.45) is 11.8. The molecule has 4 heteroatoms. The molecule has 0 fully saturated rings. The Kier molecular flexibility index (Phi) is 5.46. The summed E-state index contributed by atoms with van der Waals surface area (Å²) in [6, 6.07) is 17.3. The zero-order valence-corrected chi connectivity index (χ0v) is 20.6. The molecule has 2 aromatic carbocycles. The van der Waals surface area contributed by atoms with E-state index in [1.807, 2.05) is 0 Å². The predicted molar refractivity (Wildman–Crippen MR) is 145 cm³/mol. The Hall–Kier alpha value is -3.66. The van der Waals surface area contributed by atoms with Crippen LogP contribution >= 0.6 is 0 Å². The van der Waals surface area contributed by atoms with Crippen molar-refractivity contribution in [1.82, 2.24) is 0 Å². The zero-order valence-electron chi connectivity index (χ0n) is 20.6. The Morgan fingerprint density at radius 2 is 0.972 bits per heavy atom. The van der Waals surface area contributed by atoms with Crippen LogP contribution in [0.15, 0.2) is 93.0 Å². The number of nitrogens with zero attached hydrogens (tertiary/aromatic N) is 2. The van der Waals surface area contributed by atoms with Gasteiger partial charge in [-0.2, -0.15) is 0 Å². The highest BCUT2D eigenvalue weighted by Gasteiger charge is 2.29. The summed E-state index contributed by atoms with van der Waals surface area (Å²) in [7, 11) is 0. The maximum Gasteiger partial charge on any atom is 0.216 e. The van der Waals surface area contributed by atoms with Crippen molar-refractivity contribution in [3.8, 4) is 0 Å². The third-order valence-corrected chi connectivity index (χ3v) is 7.87. The largest absolute Gasteiger partial charge is 0.475 e. The van der Waals surface area contributed by atoms with E-state index in [2.05, 4.69) is 70.7 Å². The molecule has 0 bridgehead atoms. The summed E-state index contributed by atoms with van der Waals surface area (Å²) >= 11 is 0. The molecule has 5 aliphatic rings. The van der Waals surface area contributed by atoms with Crippen LogP contribution in [-0.2, 0) is 9.47 Å². The van der Waals surface area contributed by atoms with Crippen molar-refractivity contribution in [2.45, 2.75) is 38.5 Å². The molecule has 7 rings (SSSR count). The molecule has 36 heavy (non-hydrogen) atoms. The number of hydrogen-bond acceptors (Lipinski definition) is 4. The van der Waals surface area contributed by atoms with E-state index in [4.69, 9.17) is 9.47 Å². The fourth-order valence-electron chi connectivity index (χ4n) is 6.28. The summed E-state index contributed by atoms with van der Waals surface area (Å²) in [5.41, 5.74) is 13.3. The lowest BCUT2D eigenvalue weighted by Crippen LogP contribution is -2.08. The molecule has 0 N–H and O–H groups in total. The molecule has 0 unspecified atom stereocenters. The van der Waals surface area contributed by atoms with Gasteiger partial charge in [0.25, 0.3) is 0 Å². The number of ether oxygens (including phenoxy) is 2. The summed E-state index contributed by atoms with van der Waals surface area (Å²) < 4.78 is 11.8. The Morgan fingerprint density at radius 1 is 0.528 bits per heavy atom. The molecule has 0 saturated heterocycles. The van der Waals surface area contributed by atoms with Crippen molar-refractivity contribution in [3.63, 3.8) is 0 Å². The maximum atomic E-state index is 5.92. The SMILES string of the molecule is C1=C(/c2ccccc2C2=NCCO2)C2=C(/C=C(/c3ccccc3C3=NCCO3)C3=C/1CCC3)CCC2. The van der Waals surface area contributed by atoms with E-state index in [0.717, 1.165) is 61.7 Å².